The molecule has 0 atom stereocenters. The van der Waals surface area contributed by atoms with E-state index in [9.17, 15) is 13.2 Å². The molecule has 1 aliphatic rings. The molecule has 3 rings (SSSR count). The average molecular weight is 431 g/mol. The van der Waals surface area contributed by atoms with E-state index in [4.69, 9.17) is 0 Å². The van der Waals surface area contributed by atoms with Crippen molar-refractivity contribution in [3.8, 4) is 0 Å². The van der Waals surface area contributed by atoms with Crippen molar-refractivity contribution in [3.05, 3.63) is 48.2 Å². The van der Waals surface area contributed by atoms with E-state index < -0.39 is 10.0 Å². The molecule has 0 radical (unpaired) electrons. The molecule has 0 unspecified atom stereocenters. The number of carbonyl (C=O) groups is 1. The van der Waals surface area contributed by atoms with E-state index in [1.807, 2.05) is 25.1 Å². The summed E-state index contributed by atoms with van der Waals surface area (Å²) >= 11 is 0. The molecule has 0 aliphatic carbocycles. The molecular formula is C22H30N4O3S. The van der Waals surface area contributed by atoms with Gasteiger partial charge in [0.1, 0.15) is 0 Å². The van der Waals surface area contributed by atoms with Crippen molar-refractivity contribution in [3.63, 3.8) is 0 Å². The van der Waals surface area contributed by atoms with Crippen molar-refractivity contribution >= 4 is 27.4 Å². The standard InChI is InChI=1S/C22H30N4O3S/c1-25(2)22-20(8-7-15-23-22)24-21(27)14-11-18-9-12-19(13-10-18)30(28,29)26-16-5-3-4-6-17-26/h7-10,12-13,15H,3-6,11,14,16-17H2,1-2H3,(H,24,27). The van der Waals surface area contributed by atoms with E-state index >= 15 is 0 Å². The second-order valence-corrected chi connectivity index (χ2v) is 9.72. The van der Waals surface area contributed by atoms with Crippen molar-refractivity contribution in [1.29, 1.82) is 0 Å². The SMILES string of the molecule is CN(C)c1ncccc1NC(=O)CCc1ccc(S(=O)(=O)N2CCCCCC2)cc1. The maximum Gasteiger partial charge on any atom is 0.243 e. The predicted molar refractivity (Wildman–Crippen MR) is 119 cm³/mol. The molecule has 1 N–H and O–H groups in total. The molecule has 1 saturated heterocycles. The molecule has 8 heteroatoms. The summed E-state index contributed by atoms with van der Waals surface area (Å²) in [6, 6.07) is 10.5. The minimum absolute atomic E-state index is 0.104. The molecular weight excluding hydrogens is 400 g/mol. The topological polar surface area (TPSA) is 82.6 Å². The third kappa shape index (κ3) is 5.58. The number of hydrogen-bond donors (Lipinski definition) is 1. The molecule has 0 saturated carbocycles. The Morgan fingerprint density at radius 2 is 1.73 bits per heavy atom. The lowest BCUT2D eigenvalue weighted by molar-refractivity contribution is -0.116. The fourth-order valence-corrected chi connectivity index (χ4v) is 5.10. The molecule has 2 aromatic rings. The van der Waals surface area contributed by atoms with E-state index in [2.05, 4.69) is 10.3 Å². The number of nitrogens with zero attached hydrogens (tertiary/aromatic N) is 3. The van der Waals surface area contributed by atoms with Crippen LogP contribution in [0, 0.1) is 0 Å². The molecule has 1 aromatic heterocycles. The van der Waals surface area contributed by atoms with Crippen LogP contribution in [0.4, 0.5) is 11.5 Å². The van der Waals surface area contributed by atoms with E-state index in [1.165, 1.54) is 0 Å². The summed E-state index contributed by atoms with van der Waals surface area (Å²) in [6.07, 6.45) is 6.53. The number of pyridine rings is 1. The lowest BCUT2D eigenvalue weighted by atomic mass is 10.1. The van der Waals surface area contributed by atoms with Crippen LogP contribution in [0.25, 0.3) is 0 Å². The highest BCUT2D eigenvalue weighted by Crippen LogP contribution is 2.22. The fraction of sp³-hybridized carbons (Fsp3) is 0.455. The van der Waals surface area contributed by atoms with Crippen molar-refractivity contribution in [2.24, 2.45) is 0 Å². The van der Waals surface area contributed by atoms with Crippen molar-refractivity contribution in [2.45, 2.75) is 43.4 Å². The molecule has 0 bridgehead atoms. The van der Waals surface area contributed by atoms with Gasteiger partial charge in [-0.15, -0.1) is 0 Å². The van der Waals surface area contributed by atoms with Gasteiger partial charge in [0, 0.05) is 39.8 Å². The van der Waals surface area contributed by atoms with Gasteiger partial charge in [-0.1, -0.05) is 25.0 Å². The third-order valence-corrected chi connectivity index (χ3v) is 7.16. The quantitative estimate of drug-likeness (QED) is 0.729. The minimum Gasteiger partial charge on any atom is -0.361 e. The number of nitrogens with one attached hydrogen (secondary N) is 1. The molecule has 1 aliphatic heterocycles. The van der Waals surface area contributed by atoms with Gasteiger partial charge in [0.2, 0.25) is 15.9 Å². The number of rotatable bonds is 7. The van der Waals surface area contributed by atoms with Crippen LogP contribution >= 0.6 is 0 Å². The van der Waals surface area contributed by atoms with Crippen molar-refractivity contribution in [1.82, 2.24) is 9.29 Å². The molecule has 2 heterocycles. The minimum atomic E-state index is -3.44. The third-order valence-electron chi connectivity index (χ3n) is 5.25. The average Bonchev–Trinajstić information content (AvgIpc) is 3.03. The Kier molecular flexibility index (Phi) is 7.44. The van der Waals surface area contributed by atoms with Gasteiger partial charge in [-0.25, -0.2) is 13.4 Å². The zero-order chi connectivity index (χ0) is 21.6. The van der Waals surface area contributed by atoms with Gasteiger partial charge in [-0.3, -0.25) is 4.79 Å². The number of amides is 1. The fourth-order valence-electron chi connectivity index (χ4n) is 3.58. The maximum atomic E-state index is 12.9. The Hall–Kier alpha value is -2.45. The Morgan fingerprint density at radius 1 is 1.07 bits per heavy atom. The molecule has 162 valence electrons. The van der Waals surface area contributed by atoms with Gasteiger partial charge in [0.05, 0.1) is 10.6 Å². The summed E-state index contributed by atoms with van der Waals surface area (Å²) in [7, 11) is 0.304. The first-order valence-corrected chi connectivity index (χ1v) is 11.8. The predicted octanol–water partition coefficient (Wildman–Crippen LogP) is 3.28. The first-order valence-electron chi connectivity index (χ1n) is 10.4. The number of hydrogen-bond acceptors (Lipinski definition) is 5. The normalized spacial score (nSPS) is 15.4. The number of anilines is 2. The number of carbonyl (C=O) groups excluding carboxylic acids is 1. The van der Waals surface area contributed by atoms with Gasteiger partial charge in [0.15, 0.2) is 5.82 Å². The van der Waals surface area contributed by atoms with Crippen LogP contribution < -0.4 is 10.2 Å². The summed E-state index contributed by atoms with van der Waals surface area (Å²) < 4.78 is 27.3. The van der Waals surface area contributed by atoms with Crippen LogP contribution in [0.2, 0.25) is 0 Å². The second-order valence-electron chi connectivity index (χ2n) is 7.78. The summed E-state index contributed by atoms with van der Waals surface area (Å²) in [5.41, 5.74) is 1.60. The Morgan fingerprint density at radius 3 is 2.37 bits per heavy atom. The van der Waals surface area contributed by atoms with E-state index in [1.54, 1.807) is 40.8 Å². The van der Waals surface area contributed by atoms with Gasteiger partial charge in [-0.2, -0.15) is 4.31 Å². The van der Waals surface area contributed by atoms with Gasteiger partial charge in [-0.05, 0) is 49.1 Å². The first-order chi connectivity index (χ1) is 14.4. The van der Waals surface area contributed by atoms with Crippen LogP contribution in [-0.4, -0.2) is 50.8 Å². The second kappa shape index (κ2) is 10.0. The van der Waals surface area contributed by atoms with Crippen LogP contribution in [0.5, 0.6) is 0 Å². The molecule has 1 aromatic carbocycles. The summed E-state index contributed by atoms with van der Waals surface area (Å²) in [5.74, 6) is 0.598. The van der Waals surface area contributed by atoms with E-state index in [0.29, 0.717) is 42.3 Å². The van der Waals surface area contributed by atoms with Crippen molar-refractivity contribution < 1.29 is 13.2 Å². The van der Waals surface area contributed by atoms with Gasteiger partial charge >= 0.3 is 0 Å². The van der Waals surface area contributed by atoms with Gasteiger partial charge < -0.3 is 10.2 Å². The Balaban J connectivity index is 1.59. The number of aryl methyl sites for hydroxylation is 1. The van der Waals surface area contributed by atoms with E-state index in [0.717, 1.165) is 31.2 Å². The first kappa shape index (κ1) is 22.2. The monoisotopic (exact) mass is 430 g/mol. The highest BCUT2D eigenvalue weighted by atomic mass is 32.2. The van der Waals surface area contributed by atoms with Gasteiger partial charge in [0.25, 0.3) is 0 Å². The molecule has 1 amide bonds. The number of sulfonamides is 1. The maximum absolute atomic E-state index is 12.9. The van der Waals surface area contributed by atoms with E-state index in [-0.39, 0.29) is 5.91 Å². The highest BCUT2D eigenvalue weighted by molar-refractivity contribution is 7.89. The zero-order valence-corrected chi connectivity index (χ0v) is 18.5. The zero-order valence-electron chi connectivity index (χ0n) is 17.7. The van der Waals surface area contributed by atoms with Crippen LogP contribution in [0.3, 0.4) is 0 Å². The Labute approximate surface area is 179 Å². The summed E-state index contributed by atoms with van der Waals surface area (Å²) in [6.45, 7) is 1.18. The highest BCUT2D eigenvalue weighted by Gasteiger charge is 2.24. The summed E-state index contributed by atoms with van der Waals surface area (Å²) in [5, 5.41) is 2.90. The smallest absolute Gasteiger partial charge is 0.243 e. The molecule has 7 nitrogen and oxygen atoms in total. The summed E-state index contributed by atoms with van der Waals surface area (Å²) in [4.78, 5) is 18.8. The molecule has 30 heavy (non-hydrogen) atoms. The molecule has 1 fully saturated rings. The lowest BCUT2D eigenvalue weighted by Crippen LogP contribution is -2.31. The number of aromatic nitrogens is 1. The largest absolute Gasteiger partial charge is 0.361 e. The van der Waals surface area contributed by atoms with Crippen molar-refractivity contribution in [2.75, 3.05) is 37.4 Å². The Bertz CT molecular complexity index is 951. The van der Waals surface area contributed by atoms with Crippen LogP contribution in [0.1, 0.15) is 37.7 Å². The van der Waals surface area contributed by atoms with Crippen LogP contribution in [-0.2, 0) is 21.2 Å². The van der Waals surface area contributed by atoms with Crippen LogP contribution in [0.15, 0.2) is 47.5 Å². The lowest BCUT2D eigenvalue weighted by Gasteiger charge is -2.20. The number of benzene rings is 1. The molecule has 0 spiro atoms.